The lowest BCUT2D eigenvalue weighted by Gasteiger charge is -2.28. The third-order valence-corrected chi connectivity index (χ3v) is 5.38. The Kier molecular flexibility index (Phi) is 5.03. The number of benzene rings is 1. The summed E-state index contributed by atoms with van der Waals surface area (Å²) < 4.78 is 0.542. The van der Waals surface area contributed by atoms with Gasteiger partial charge in [-0.15, -0.1) is 0 Å². The first-order chi connectivity index (χ1) is 12.3. The van der Waals surface area contributed by atoms with Crippen molar-refractivity contribution < 1.29 is 14.6 Å². The molecule has 0 spiro atoms. The third-order valence-electron chi connectivity index (χ3n) is 5.38. The Bertz CT molecular complexity index is 815. The van der Waals surface area contributed by atoms with E-state index in [1.165, 1.54) is 43.9 Å². The Morgan fingerprint density at radius 1 is 1.12 bits per heavy atom. The van der Waals surface area contributed by atoms with E-state index in [4.69, 9.17) is 0 Å². The van der Waals surface area contributed by atoms with Crippen molar-refractivity contribution in [3.05, 3.63) is 58.6 Å². The third kappa shape index (κ3) is 3.74. The second-order valence-corrected chi connectivity index (χ2v) is 8.33. The van der Waals surface area contributed by atoms with Crippen LogP contribution in [0.25, 0.3) is 11.1 Å². The molecule has 1 aromatic carbocycles. The average Bonchev–Trinajstić information content (AvgIpc) is 2.61. The molecule has 0 bridgehead atoms. The van der Waals surface area contributed by atoms with Gasteiger partial charge in [0.1, 0.15) is 5.56 Å². The van der Waals surface area contributed by atoms with Gasteiger partial charge in [-0.3, -0.25) is 0 Å². The summed E-state index contributed by atoms with van der Waals surface area (Å²) in [5.41, 5.74) is 3.90. The number of hydrogen-bond donors (Lipinski definition) is 1. The summed E-state index contributed by atoms with van der Waals surface area (Å²) in [6.45, 7) is 6.44. The van der Waals surface area contributed by atoms with Crippen molar-refractivity contribution in [1.29, 1.82) is 0 Å². The predicted octanol–water partition coefficient (Wildman–Crippen LogP) is 5.03. The lowest BCUT2D eigenvalue weighted by atomic mass is 9.77. The fourth-order valence-corrected chi connectivity index (χ4v) is 3.99. The minimum atomic E-state index is -1.08. The fraction of sp³-hybridized carbons (Fsp3) is 0.455. The van der Waals surface area contributed by atoms with Crippen LogP contribution in [0.2, 0.25) is 0 Å². The van der Waals surface area contributed by atoms with E-state index in [0.29, 0.717) is 16.2 Å². The van der Waals surface area contributed by atoms with Crippen LogP contribution in [0.15, 0.2) is 36.7 Å². The molecule has 0 saturated heterocycles. The molecule has 1 N–H and O–H groups in total. The Morgan fingerprint density at radius 2 is 1.81 bits per heavy atom. The van der Waals surface area contributed by atoms with Crippen molar-refractivity contribution in [3.8, 4) is 11.1 Å². The van der Waals surface area contributed by atoms with Gasteiger partial charge < -0.3 is 10.3 Å². The van der Waals surface area contributed by atoms with E-state index in [1.54, 1.807) is 6.07 Å². The summed E-state index contributed by atoms with van der Waals surface area (Å²) in [5, 5.41) is 21.1. The first kappa shape index (κ1) is 18.4. The molecule has 1 heterocycles. The summed E-state index contributed by atoms with van der Waals surface area (Å²) in [6, 6.07) is 8.06. The van der Waals surface area contributed by atoms with E-state index in [-0.39, 0.29) is 11.0 Å². The van der Waals surface area contributed by atoms with Crippen molar-refractivity contribution in [2.45, 2.75) is 64.2 Å². The minimum absolute atomic E-state index is 0.0402. The quantitative estimate of drug-likeness (QED) is 0.622. The molecule has 4 heteroatoms. The van der Waals surface area contributed by atoms with Crippen molar-refractivity contribution in [2.24, 2.45) is 0 Å². The van der Waals surface area contributed by atoms with Crippen molar-refractivity contribution in [1.82, 2.24) is 0 Å². The van der Waals surface area contributed by atoms with Crippen molar-refractivity contribution >= 4 is 5.97 Å². The second kappa shape index (κ2) is 7.10. The van der Waals surface area contributed by atoms with Gasteiger partial charge >= 0.3 is 5.97 Å². The van der Waals surface area contributed by atoms with E-state index < -0.39 is 5.97 Å². The van der Waals surface area contributed by atoms with Gasteiger partial charge in [-0.05, 0) is 40.9 Å². The summed E-state index contributed by atoms with van der Waals surface area (Å²) >= 11 is 0. The Balaban J connectivity index is 2.14. The molecule has 1 aromatic heterocycles. The number of carbonyl (C=O) groups is 1. The average molecular weight is 353 g/mol. The number of nitrogens with zero attached hydrogens (tertiary/aromatic N) is 1. The lowest BCUT2D eigenvalue weighted by molar-refractivity contribution is -0.605. The van der Waals surface area contributed by atoms with Crippen molar-refractivity contribution in [3.63, 3.8) is 0 Å². The van der Waals surface area contributed by atoms with Gasteiger partial charge in [-0.1, -0.05) is 58.2 Å². The minimum Gasteiger partial charge on any atom is -0.619 e. The molecule has 1 aliphatic rings. The smallest absolute Gasteiger partial charge is 0.342 e. The van der Waals surface area contributed by atoms with Crippen LogP contribution in [-0.2, 0) is 5.41 Å². The van der Waals surface area contributed by atoms with Crippen molar-refractivity contribution in [2.75, 3.05) is 0 Å². The molecule has 1 saturated carbocycles. The molecule has 0 radical (unpaired) electrons. The molecule has 2 aromatic rings. The van der Waals surface area contributed by atoms with E-state index in [2.05, 4.69) is 32.9 Å². The summed E-state index contributed by atoms with van der Waals surface area (Å²) in [4.78, 5) is 11.7. The predicted molar refractivity (Wildman–Crippen MR) is 102 cm³/mol. The molecule has 1 fully saturated rings. The Morgan fingerprint density at radius 3 is 2.42 bits per heavy atom. The molecule has 3 rings (SSSR count). The first-order valence-electron chi connectivity index (χ1n) is 9.38. The lowest BCUT2D eigenvalue weighted by Crippen LogP contribution is -2.26. The summed E-state index contributed by atoms with van der Waals surface area (Å²) in [7, 11) is 0. The van der Waals surface area contributed by atoms with E-state index in [1.807, 2.05) is 6.07 Å². The molecule has 0 unspecified atom stereocenters. The number of aromatic carboxylic acids is 1. The van der Waals surface area contributed by atoms with Gasteiger partial charge in [0.2, 0.25) is 0 Å². The Hall–Kier alpha value is -2.36. The standard InChI is InChI=1S/C22H27NO3/c1-22(2,3)20-13-16(15-7-5-4-6-8-15)9-10-18(20)17-11-12-23(26)14-19(17)21(24)25/h9-15H,4-8H2,1-3H3,(H,24,25). The largest absolute Gasteiger partial charge is 0.619 e. The summed E-state index contributed by atoms with van der Waals surface area (Å²) in [6.07, 6.45) is 8.84. The number of pyridine rings is 1. The first-order valence-corrected chi connectivity index (χ1v) is 9.38. The normalized spacial score (nSPS) is 15.8. The van der Waals surface area contributed by atoms with Crippen LogP contribution in [-0.4, -0.2) is 11.1 Å². The van der Waals surface area contributed by atoms with E-state index in [0.717, 1.165) is 17.3 Å². The van der Waals surface area contributed by atoms with Gasteiger partial charge in [-0.25, -0.2) is 4.79 Å². The second-order valence-electron chi connectivity index (χ2n) is 8.33. The van der Waals surface area contributed by atoms with Gasteiger partial charge in [0.05, 0.1) is 0 Å². The van der Waals surface area contributed by atoms with Crippen LogP contribution >= 0.6 is 0 Å². The van der Waals surface area contributed by atoms with Crippen LogP contribution in [0.5, 0.6) is 0 Å². The van der Waals surface area contributed by atoms with Crippen LogP contribution in [0, 0.1) is 5.21 Å². The zero-order valence-corrected chi connectivity index (χ0v) is 15.8. The zero-order chi connectivity index (χ0) is 18.9. The number of rotatable bonds is 3. The highest BCUT2D eigenvalue weighted by molar-refractivity contribution is 5.96. The molecular formula is C22H27NO3. The molecule has 4 nitrogen and oxygen atoms in total. The molecular weight excluding hydrogens is 326 g/mol. The maximum atomic E-state index is 11.7. The van der Waals surface area contributed by atoms with Gasteiger partial charge in [0, 0.05) is 11.6 Å². The number of aromatic nitrogens is 1. The van der Waals surface area contributed by atoms with Crippen LogP contribution in [0.4, 0.5) is 0 Å². The highest BCUT2D eigenvalue weighted by Gasteiger charge is 2.25. The molecule has 0 atom stereocenters. The maximum Gasteiger partial charge on any atom is 0.342 e. The van der Waals surface area contributed by atoms with Crippen LogP contribution < -0.4 is 4.73 Å². The SMILES string of the molecule is CC(C)(C)c1cc(C2CCCCC2)ccc1-c1cc[n+]([O-])cc1C(=O)O. The monoisotopic (exact) mass is 353 g/mol. The fourth-order valence-electron chi connectivity index (χ4n) is 3.99. The highest BCUT2D eigenvalue weighted by Crippen LogP contribution is 2.39. The molecule has 0 amide bonds. The number of carboxylic acid groups (broad SMARTS) is 1. The molecule has 0 aliphatic heterocycles. The highest BCUT2D eigenvalue weighted by atomic mass is 16.5. The van der Waals surface area contributed by atoms with Crippen LogP contribution in [0.3, 0.4) is 0 Å². The van der Waals surface area contributed by atoms with Gasteiger partial charge in [-0.2, -0.15) is 4.73 Å². The van der Waals surface area contributed by atoms with Gasteiger partial charge in [0.15, 0.2) is 12.4 Å². The molecule has 1 aliphatic carbocycles. The Labute approximate surface area is 155 Å². The zero-order valence-electron chi connectivity index (χ0n) is 15.8. The topological polar surface area (TPSA) is 64.2 Å². The van der Waals surface area contributed by atoms with Gasteiger partial charge in [0.25, 0.3) is 0 Å². The van der Waals surface area contributed by atoms with E-state index in [9.17, 15) is 15.1 Å². The maximum absolute atomic E-state index is 11.7. The number of hydrogen-bond acceptors (Lipinski definition) is 2. The van der Waals surface area contributed by atoms with E-state index >= 15 is 0 Å². The number of carboxylic acids is 1. The summed E-state index contributed by atoms with van der Waals surface area (Å²) in [5.74, 6) is -0.487. The van der Waals surface area contributed by atoms with Crippen LogP contribution in [0.1, 0.15) is 80.3 Å². The molecule has 26 heavy (non-hydrogen) atoms. The molecule has 138 valence electrons.